The second kappa shape index (κ2) is 6.22. The first-order chi connectivity index (χ1) is 12.6. The largest absolute Gasteiger partial charge is 0.388 e. The van der Waals surface area contributed by atoms with Crippen molar-refractivity contribution >= 4 is 23.5 Å². The van der Waals surface area contributed by atoms with Crippen LogP contribution in [0.15, 0.2) is 48.5 Å². The number of carbonyl (C=O) groups is 4. The Kier molecular flexibility index (Phi) is 4.29. The summed E-state index contributed by atoms with van der Waals surface area (Å²) in [5.74, 6) is -6.00. The van der Waals surface area contributed by atoms with Crippen LogP contribution >= 0.6 is 0 Å². The summed E-state index contributed by atoms with van der Waals surface area (Å²) in [4.78, 5) is 50.0. The molecule has 0 spiro atoms. The average molecular weight is 368 g/mol. The fourth-order valence-electron chi connectivity index (χ4n) is 2.87. The number of aliphatic hydroxyl groups is 2. The monoisotopic (exact) mass is 368 g/mol. The number of hydrogen-bond acceptors (Lipinski definition) is 7. The number of carbonyl (C=O) groups excluding carboxylic acids is 4. The van der Waals surface area contributed by atoms with Crippen molar-refractivity contribution in [3.05, 3.63) is 70.8 Å². The molecule has 2 aromatic rings. The van der Waals surface area contributed by atoms with Gasteiger partial charge in [-0.1, -0.05) is 59.7 Å². The summed E-state index contributed by atoms with van der Waals surface area (Å²) >= 11 is 0. The molecule has 1 fully saturated rings. The molecule has 1 aliphatic rings. The van der Waals surface area contributed by atoms with Gasteiger partial charge in [0.25, 0.3) is 11.2 Å². The Morgan fingerprint density at radius 1 is 0.704 bits per heavy atom. The zero-order valence-electron chi connectivity index (χ0n) is 14.6. The van der Waals surface area contributed by atoms with Gasteiger partial charge in [0.2, 0.25) is 11.6 Å². The highest BCUT2D eigenvalue weighted by atomic mass is 16.6. The number of ketones is 2. The van der Waals surface area contributed by atoms with Crippen LogP contribution in [0.25, 0.3) is 0 Å². The standard InChI is InChI=1S/C20H16O7/c1-11-3-7-13(8-4-11)15(21)19(25)17(23)27-18(24)20(19,26)16(22)14-9-5-12(2)6-10-14/h3-10,25-26H,1-2H3. The minimum atomic E-state index is -3.39. The average Bonchev–Trinajstić information content (AvgIpc) is 2.83. The Balaban J connectivity index is 2.13. The fourth-order valence-corrected chi connectivity index (χ4v) is 2.87. The van der Waals surface area contributed by atoms with Crippen molar-refractivity contribution in [2.24, 2.45) is 0 Å². The fraction of sp³-hybridized carbons (Fsp3) is 0.200. The first-order valence-corrected chi connectivity index (χ1v) is 8.06. The molecule has 0 amide bonds. The van der Waals surface area contributed by atoms with E-state index in [1.165, 1.54) is 24.3 Å². The first kappa shape index (κ1) is 18.6. The number of cyclic esters (lactones) is 2. The van der Waals surface area contributed by atoms with Crippen molar-refractivity contribution in [3.8, 4) is 0 Å². The summed E-state index contributed by atoms with van der Waals surface area (Å²) in [6.07, 6.45) is 0. The van der Waals surface area contributed by atoms with E-state index in [1.807, 2.05) is 0 Å². The zero-order valence-corrected chi connectivity index (χ0v) is 14.6. The Morgan fingerprint density at radius 3 is 1.30 bits per heavy atom. The van der Waals surface area contributed by atoms with Crippen LogP contribution in [0.5, 0.6) is 0 Å². The Morgan fingerprint density at radius 2 is 1.00 bits per heavy atom. The molecular formula is C20H16O7. The van der Waals surface area contributed by atoms with Gasteiger partial charge in [-0.2, -0.15) is 0 Å². The van der Waals surface area contributed by atoms with Gasteiger partial charge in [-0.05, 0) is 13.8 Å². The van der Waals surface area contributed by atoms with Crippen LogP contribution in [0.2, 0.25) is 0 Å². The van der Waals surface area contributed by atoms with E-state index < -0.39 is 34.7 Å². The minimum absolute atomic E-state index is 0.162. The highest BCUT2D eigenvalue weighted by Crippen LogP contribution is 2.38. The molecule has 3 rings (SSSR count). The van der Waals surface area contributed by atoms with Gasteiger partial charge >= 0.3 is 11.9 Å². The molecule has 7 heteroatoms. The summed E-state index contributed by atoms with van der Waals surface area (Å²) in [6, 6.07) is 11.4. The summed E-state index contributed by atoms with van der Waals surface area (Å²) in [6.45, 7) is 3.52. The molecular weight excluding hydrogens is 352 g/mol. The zero-order chi connectivity index (χ0) is 20.0. The van der Waals surface area contributed by atoms with Gasteiger partial charge < -0.3 is 14.9 Å². The smallest absolute Gasteiger partial charge is 0.358 e. The molecule has 2 aromatic carbocycles. The van der Waals surface area contributed by atoms with Gasteiger partial charge in [-0.25, -0.2) is 9.59 Å². The van der Waals surface area contributed by atoms with Crippen LogP contribution in [0.3, 0.4) is 0 Å². The number of Topliss-reactive ketones (excluding diaryl/α,β-unsaturated/α-hetero) is 2. The normalized spacial score (nSPS) is 24.6. The van der Waals surface area contributed by atoms with E-state index in [2.05, 4.69) is 4.74 Å². The lowest BCUT2D eigenvalue weighted by atomic mass is 9.75. The maximum Gasteiger partial charge on any atom is 0.358 e. The van der Waals surface area contributed by atoms with Crippen molar-refractivity contribution in [3.63, 3.8) is 0 Å². The molecule has 0 aliphatic carbocycles. The number of ether oxygens (including phenoxy) is 1. The Labute approximate surface area is 154 Å². The summed E-state index contributed by atoms with van der Waals surface area (Å²) in [5, 5.41) is 21.6. The van der Waals surface area contributed by atoms with Gasteiger partial charge in [-0.3, -0.25) is 9.59 Å². The predicted molar refractivity (Wildman–Crippen MR) is 92.0 cm³/mol. The highest BCUT2D eigenvalue weighted by molar-refractivity contribution is 6.33. The highest BCUT2D eigenvalue weighted by Gasteiger charge is 2.76. The number of aryl methyl sites for hydroxylation is 2. The molecule has 1 heterocycles. The van der Waals surface area contributed by atoms with Crippen molar-refractivity contribution in [1.82, 2.24) is 0 Å². The molecule has 0 radical (unpaired) electrons. The van der Waals surface area contributed by atoms with E-state index in [-0.39, 0.29) is 11.1 Å². The maximum atomic E-state index is 12.8. The van der Waals surface area contributed by atoms with Crippen LogP contribution < -0.4 is 0 Å². The predicted octanol–water partition coefficient (Wildman–Crippen LogP) is 0.915. The lowest BCUT2D eigenvalue weighted by molar-refractivity contribution is -0.157. The van der Waals surface area contributed by atoms with Gasteiger partial charge in [0.15, 0.2) is 0 Å². The number of rotatable bonds is 4. The van der Waals surface area contributed by atoms with E-state index in [4.69, 9.17) is 0 Å². The number of esters is 2. The first-order valence-electron chi connectivity index (χ1n) is 8.06. The number of hydrogen-bond donors (Lipinski definition) is 2. The third-order valence-electron chi connectivity index (χ3n) is 4.58. The Hall–Kier alpha value is -3.16. The van der Waals surface area contributed by atoms with E-state index in [0.717, 1.165) is 11.1 Å². The van der Waals surface area contributed by atoms with Gasteiger partial charge in [0.1, 0.15) is 0 Å². The van der Waals surface area contributed by atoms with Crippen LogP contribution in [0.4, 0.5) is 0 Å². The third-order valence-corrected chi connectivity index (χ3v) is 4.58. The van der Waals surface area contributed by atoms with Crippen LogP contribution in [0, 0.1) is 13.8 Å². The lowest BCUT2D eigenvalue weighted by Crippen LogP contribution is -2.65. The number of benzene rings is 2. The molecule has 1 aliphatic heterocycles. The summed E-state index contributed by atoms with van der Waals surface area (Å²) in [5.41, 5.74) is -5.50. The molecule has 1 saturated heterocycles. The SMILES string of the molecule is Cc1ccc(C(=O)C2(O)C(=O)OC(=O)C2(O)C(=O)c2ccc(C)cc2)cc1. The summed E-state index contributed by atoms with van der Waals surface area (Å²) in [7, 11) is 0. The van der Waals surface area contributed by atoms with E-state index in [1.54, 1.807) is 38.1 Å². The van der Waals surface area contributed by atoms with Crippen LogP contribution in [-0.4, -0.2) is 44.9 Å². The van der Waals surface area contributed by atoms with Crippen molar-refractivity contribution in [1.29, 1.82) is 0 Å². The molecule has 0 bridgehead atoms. The van der Waals surface area contributed by atoms with Crippen molar-refractivity contribution < 1.29 is 34.1 Å². The van der Waals surface area contributed by atoms with Crippen LogP contribution in [-0.2, 0) is 14.3 Å². The molecule has 0 aromatic heterocycles. The molecule has 2 N–H and O–H groups in total. The second-order valence-corrected chi connectivity index (χ2v) is 6.49. The molecule has 7 nitrogen and oxygen atoms in total. The van der Waals surface area contributed by atoms with E-state index >= 15 is 0 Å². The molecule has 0 saturated carbocycles. The molecule has 27 heavy (non-hydrogen) atoms. The third kappa shape index (κ3) is 2.59. The van der Waals surface area contributed by atoms with E-state index in [0.29, 0.717) is 0 Å². The maximum absolute atomic E-state index is 12.8. The molecule has 138 valence electrons. The lowest BCUT2D eigenvalue weighted by Gasteiger charge is -2.29. The summed E-state index contributed by atoms with van der Waals surface area (Å²) < 4.78 is 4.31. The van der Waals surface area contributed by atoms with Crippen LogP contribution in [0.1, 0.15) is 31.8 Å². The Bertz CT molecular complexity index is 879. The van der Waals surface area contributed by atoms with Gasteiger partial charge in [0.05, 0.1) is 0 Å². The van der Waals surface area contributed by atoms with Crippen molar-refractivity contribution in [2.75, 3.05) is 0 Å². The second-order valence-electron chi connectivity index (χ2n) is 6.49. The topological polar surface area (TPSA) is 118 Å². The quantitative estimate of drug-likeness (QED) is 0.468. The van der Waals surface area contributed by atoms with E-state index in [9.17, 15) is 29.4 Å². The van der Waals surface area contributed by atoms with Crippen molar-refractivity contribution in [2.45, 2.75) is 25.0 Å². The molecule has 2 unspecified atom stereocenters. The van der Waals surface area contributed by atoms with Gasteiger partial charge in [-0.15, -0.1) is 0 Å². The molecule has 2 atom stereocenters. The minimum Gasteiger partial charge on any atom is -0.388 e. The van der Waals surface area contributed by atoms with Gasteiger partial charge in [0, 0.05) is 11.1 Å².